The van der Waals surface area contributed by atoms with E-state index in [9.17, 15) is 9.59 Å². The van der Waals surface area contributed by atoms with Crippen molar-refractivity contribution < 1.29 is 13.6 Å². The van der Waals surface area contributed by atoms with E-state index >= 15 is 0 Å². The summed E-state index contributed by atoms with van der Waals surface area (Å²) < 4.78 is 9.81. The van der Waals surface area contributed by atoms with Crippen LogP contribution in [0.3, 0.4) is 0 Å². The summed E-state index contributed by atoms with van der Waals surface area (Å²) in [5.74, 6) is 0. The van der Waals surface area contributed by atoms with E-state index in [1.807, 2.05) is 43.2 Å². The first-order valence-corrected chi connectivity index (χ1v) is 6.99. The maximum Gasteiger partial charge on any atom is 0.336 e. The van der Waals surface area contributed by atoms with E-state index in [0.717, 1.165) is 10.8 Å². The maximum atomic E-state index is 10.7. The van der Waals surface area contributed by atoms with Crippen molar-refractivity contribution >= 4 is 28.7 Å². The molecule has 0 fully saturated rings. The van der Waals surface area contributed by atoms with Crippen molar-refractivity contribution in [3.63, 3.8) is 0 Å². The molecule has 2 heterocycles. The van der Waals surface area contributed by atoms with Gasteiger partial charge in [-0.2, -0.15) is 0 Å². The van der Waals surface area contributed by atoms with Gasteiger partial charge in [0, 0.05) is 22.9 Å². The second-order valence-corrected chi connectivity index (χ2v) is 4.58. The Balaban J connectivity index is 0.000000158. The van der Waals surface area contributed by atoms with Crippen molar-refractivity contribution in [1.29, 1.82) is 0 Å². The first-order valence-electron chi connectivity index (χ1n) is 6.99. The Hall–Kier alpha value is -3.47. The van der Waals surface area contributed by atoms with Crippen LogP contribution < -0.4 is 11.3 Å². The fourth-order valence-electron chi connectivity index (χ4n) is 2.02. The minimum atomic E-state index is -0.302. The molecule has 5 nitrogen and oxygen atoms in total. The summed E-state index contributed by atoms with van der Waals surface area (Å²) in [5.41, 5.74) is 0.674. The van der Waals surface area contributed by atoms with E-state index in [-0.39, 0.29) is 11.3 Å². The summed E-state index contributed by atoms with van der Waals surface area (Å²) in [6.07, 6.45) is 0. The summed E-state index contributed by atoms with van der Waals surface area (Å²) in [7, 11) is 0. The molecule has 2 aromatic carbocycles. The molecule has 0 N–H and O–H groups in total. The van der Waals surface area contributed by atoms with Crippen LogP contribution in [-0.2, 0) is 4.79 Å². The van der Waals surface area contributed by atoms with Crippen LogP contribution in [-0.4, -0.2) is 6.79 Å². The normalized spacial score (nSPS) is 9.50. The Labute approximate surface area is 136 Å². The number of hydrogen-bond acceptors (Lipinski definition) is 5. The highest BCUT2D eigenvalue weighted by molar-refractivity contribution is 5.76. The van der Waals surface area contributed by atoms with Crippen molar-refractivity contribution in [2.24, 2.45) is 0 Å². The molecule has 5 heteroatoms. The standard InChI is InChI=1S/2C9H6O2.CH2O/c2*10-9-6-5-7-3-1-2-4-8(7)11-9;1-2/h2*1-6H;1H2. The van der Waals surface area contributed by atoms with E-state index in [1.165, 1.54) is 12.1 Å². The summed E-state index contributed by atoms with van der Waals surface area (Å²) in [5, 5.41) is 1.90. The Morgan fingerprint density at radius 2 is 0.917 bits per heavy atom. The number of hydrogen-bond donors (Lipinski definition) is 0. The highest BCUT2D eigenvalue weighted by Gasteiger charge is 1.93. The molecule has 0 atom stereocenters. The van der Waals surface area contributed by atoms with Crippen LogP contribution in [0.25, 0.3) is 21.9 Å². The van der Waals surface area contributed by atoms with E-state index in [0.29, 0.717) is 11.2 Å². The van der Waals surface area contributed by atoms with Crippen molar-refractivity contribution in [1.82, 2.24) is 0 Å². The number of carbonyl (C=O) groups excluding carboxylic acids is 1. The highest BCUT2D eigenvalue weighted by Crippen LogP contribution is 2.09. The first-order chi connectivity index (χ1) is 11.7. The summed E-state index contributed by atoms with van der Waals surface area (Å²) in [4.78, 5) is 29.4. The van der Waals surface area contributed by atoms with Gasteiger partial charge in [0.2, 0.25) is 0 Å². The van der Waals surface area contributed by atoms with Crippen molar-refractivity contribution in [2.75, 3.05) is 0 Å². The summed E-state index contributed by atoms with van der Waals surface area (Å²) >= 11 is 0. The van der Waals surface area contributed by atoms with E-state index in [1.54, 1.807) is 24.3 Å². The Bertz CT molecular complexity index is 961. The number of fused-ring (bicyclic) bond motifs is 2. The molecule has 0 radical (unpaired) electrons. The molecule has 4 rings (SSSR count). The van der Waals surface area contributed by atoms with Gasteiger partial charge in [0.15, 0.2) is 0 Å². The Kier molecular flexibility index (Phi) is 5.80. The van der Waals surface area contributed by atoms with Gasteiger partial charge < -0.3 is 13.6 Å². The van der Waals surface area contributed by atoms with E-state index < -0.39 is 0 Å². The van der Waals surface area contributed by atoms with E-state index in [2.05, 4.69) is 0 Å². The van der Waals surface area contributed by atoms with Gasteiger partial charge >= 0.3 is 11.3 Å². The third-order valence-corrected chi connectivity index (χ3v) is 3.06. The van der Waals surface area contributed by atoms with Crippen LogP contribution in [0.4, 0.5) is 0 Å². The van der Waals surface area contributed by atoms with Crippen LogP contribution >= 0.6 is 0 Å². The van der Waals surface area contributed by atoms with Crippen LogP contribution in [0, 0.1) is 0 Å². The van der Waals surface area contributed by atoms with Gasteiger partial charge in [-0.1, -0.05) is 36.4 Å². The SMILES string of the molecule is C=O.O=c1ccc2ccccc2o1.O=c1ccc2ccccc2o1. The second kappa shape index (κ2) is 8.24. The van der Waals surface area contributed by atoms with Gasteiger partial charge in [0.1, 0.15) is 18.0 Å². The fraction of sp³-hybridized carbons (Fsp3) is 0. The molecule has 0 saturated heterocycles. The molecule has 0 aliphatic rings. The van der Waals surface area contributed by atoms with Gasteiger partial charge in [-0.25, -0.2) is 9.59 Å². The zero-order valence-electron chi connectivity index (χ0n) is 12.7. The van der Waals surface area contributed by atoms with Crippen LogP contribution in [0.1, 0.15) is 0 Å². The van der Waals surface area contributed by atoms with Crippen molar-refractivity contribution in [3.05, 3.63) is 93.6 Å². The minimum absolute atomic E-state index is 0.302. The predicted octanol–water partition coefficient (Wildman–Crippen LogP) is 3.40. The van der Waals surface area contributed by atoms with Gasteiger partial charge in [-0.05, 0) is 24.3 Å². The Morgan fingerprint density at radius 3 is 1.33 bits per heavy atom. The van der Waals surface area contributed by atoms with Crippen LogP contribution in [0.5, 0.6) is 0 Å². The summed E-state index contributed by atoms with van der Waals surface area (Å²) in [6.45, 7) is 2.00. The monoisotopic (exact) mass is 322 g/mol. The predicted molar refractivity (Wildman–Crippen MR) is 92.1 cm³/mol. The van der Waals surface area contributed by atoms with Gasteiger partial charge in [0.05, 0.1) is 0 Å². The topological polar surface area (TPSA) is 77.5 Å². The molecular weight excluding hydrogens is 308 g/mol. The average molecular weight is 322 g/mol. The van der Waals surface area contributed by atoms with Crippen LogP contribution in [0.2, 0.25) is 0 Å². The van der Waals surface area contributed by atoms with Gasteiger partial charge in [0.25, 0.3) is 0 Å². The van der Waals surface area contributed by atoms with Crippen molar-refractivity contribution in [3.8, 4) is 0 Å². The molecule has 0 unspecified atom stereocenters. The average Bonchev–Trinajstić information content (AvgIpc) is 2.64. The number of benzene rings is 2. The lowest BCUT2D eigenvalue weighted by molar-refractivity contribution is -0.0979. The molecule has 0 amide bonds. The third-order valence-electron chi connectivity index (χ3n) is 3.06. The molecule has 4 aromatic rings. The van der Waals surface area contributed by atoms with Crippen LogP contribution in [0.15, 0.2) is 91.2 Å². The fourth-order valence-corrected chi connectivity index (χ4v) is 2.02. The lowest BCUT2D eigenvalue weighted by atomic mass is 10.2. The minimum Gasteiger partial charge on any atom is -0.423 e. The van der Waals surface area contributed by atoms with Gasteiger partial charge in [-0.15, -0.1) is 0 Å². The zero-order valence-corrected chi connectivity index (χ0v) is 12.7. The lowest BCUT2D eigenvalue weighted by Gasteiger charge is -1.91. The first kappa shape index (κ1) is 16.9. The molecule has 24 heavy (non-hydrogen) atoms. The highest BCUT2D eigenvalue weighted by atomic mass is 16.4. The quantitative estimate of drug-likeness (QED) is 0.464. The lowest BCUT2D eigenvalue weighted by Crippen LogP contribution is -1.93. The molecular formula is C19H14O5. The summed E-state index contributed by atoms with van der Waals surface area (Å²) in [6, 6.07) is 21.2. The Morgan fingerprint density at radius 1 is 0.542 bits per heavy atom. The molecule has 2 aromatic heterocycles. The molecule has 0 aliphatic heterocycles. The molecule has 0 aliphatic carbocycles. The number of carbonyl (C=O) groups is 1. The number of para-hydroxylation sites is 2. The third kappa shape index (κ3) is 4.27. The number of rotatable bonds is 0. The zero-order chi connectivity index (χ0) is 17.4. The van der Waals surface area contributed by atoms with Gasteiger partial charge in [-0.3, -0.25) is 0 Å². The molecule has 0 saturated carbocycles. The smallest absolute Gasteiger partial charge is 0.336 e. The maximum absolute atomic E-state index is 10.7. The molecule has 0 bridgehead atoms. The second-order valence-electron chi connectivity index (χ2n) is 4.58. The van der Waals surface area contributed by atoms with E-state index in [4.69, 9.17) is 13.6 Å². The largest absolute Gasteiger partial charge is 0.423 e. The van der Waals surface area contributed by atoms with Crippen molar-refractivity contribution in [2.45, 2.75) is 0 Å². The molecule has 120 valence electrons. The molecule has 0 spiro atoms.